The van der Waals surface area contributed by atoms with Gasteiger partial charge in [-0.15, -0.1) is 11.8 Å². The molecule has 0 aliphatic rings. The van der Waals surface area contributed by atoms with Crippen molar-refractivity contribution in [1.29, 1.82) is 0 Å². The third kappa shape index (κ3) is 5.53. The summed E-state index contributed by atoms with van der Waals surface area (Å²) in [7, 11) is -4.03. The van der Waals surface area contributed by atoms with Gasteiger partial charge in [-0.25, -0.2) is 13.8 Å². The molecule has 0 aromatic heterocycles. The van der Waals surface area contributed by atoms with Crippen LogP contribution in [0.15, 0.2) is 99.8 Å². The van der Waals surface area contributed by atoms with E-state index in [1.54, 1.807) is 48.5 Å². The van der Waals surface area contributed by atoms with E-state index in [1.165, 1.54) is 30.1 Å². The fraction of sp³-hybridized carbons (Fsp3) is 0.111. The van der Waals surface area contributed by atoms with Crippen molar-refractivity contribution in [1.82, 2.24) is 5.43 Å². The molecule has 9 heteroatoms. The molecule has 1 amide bonds. The minimum Gasteiger partial charge on any atom is -0.507 e. The van der Waals surface area contributed by atoms with Crippen LogP contribution in [-0.4, -0.2) is 38.4 Å². The number of rotatable bonds is 8. The molecule has 4 aromatic rings. The summed E-state index contributed by atoms with van der Waals surface area (Å²) in [4.78, 5) is 13.8. The summed E-state index contributed by atoms with van der Waals surface area (Å²) in [5, 5.41) is 15.9. The minimum atomic E-state index is -4.03. The highest BCUT2D eigenvalue weighted by Gasteiger charge is 2.27. The van der Waals surface area contributed by atoms with Gasteiger partial charge < -0.3 is 5.11 Å². The van der Waals surface area contributed by atoms with Gasteiger partial charge in [-0.05, 0) is 66.4 Å². The van der Waals surface area contributed by atoms with E-state index in [0.29, 0.717) is 11.3 Å². The Balaban J connectivity index is 1.59. The number of hydrazone groups is 1. The number of anilines is 1. The van der Waals surface area contributed by atoms with Crippen LogP contribution >= 0.6 is 11.8 Å². The number of phenols is 1. The van der Waals surface area contributed by atoms with Crippen molar-refractivity contribution in [2.75, 3.05) is 17.1 Å². The van der Waals surface area contributed by atoms with Gasteiger partial charge in [0, 0.05) is 10.5 Å². The summed E-state index contributed by atoms with van der Waals surface area (Å²) in [5.41, 5.74) is 4.16. The lowest BCUT2D eigenvalue weighted by Gasteiger charge is -2.24. The molecule has 4 aromatic carbocycles. The lowest BCUT2D eigenvalue weighted by Crippen LogP contribution is -2.39. The van der Waals surface area contributed by atoms with E-state index in [-0.39, 0.29) is 10.6 Å². The zero-order valence-corrected chi connectivity index (χ0v) is 21.4. The molecule has 0 aliphatic heterocycles. The number of phenolic OH excluding ortho intramolecular Hbond substituents is 1. The van der Waals surface area contributed by atoms with E-state index in [1.807, 2.05) is 37.4 Å². The van der Waals surface area contributed by atoms with Gasteiger partial charge in [0.2, 0.25) is 0 Å². The molecular formula is C27H25N3O4S2. The summed E-state index contributed by atoms with van der Waals surface area (Å²) in [6.45, 7) is 1.42. The summed E-state index contributed by atoms with van der Waals surface area (Å²) < 4.78 is 28.1. The number of thioether (sulfide) groups is 1. The Labute approximate surface area is 214 Å². The predicted octanol–water partition coefficient (Wildman–Crippen LogP) is 4.92. The zero-order valence-electron chi connectivity index (χ0n) is 19.8. The van der Waals surface area contributed by atoms with E-state index in [0.717, 1.165) is 25.5 Å². The van der Waals surface area contributed by atoms with Crippen LogP contribution in [0.5, 0.6) is 5.75 Å². The lowest BCUT2D eigenvalue weighted by molar-refractivity contribution is -0.119. The number of fused-ring (bicyclic) bond motifs is 1. The van der Waals surface area contributed by atoms with Crippen molar-refractivity contribution in [3.05, 3.63) is 96.1 Å². The zero-order chi connectivity index (χ0) is 25.7. The van der Waals surface area contributed by atoms with Crippen LogP contribution in [0, 0.1) is 6.92 Å². The number of carbonyl (C=O) groups excluding carboxylic acids is 1. The fourth-order valence-electron chi connectivity index (χ4n) is 3.66. The Morgan fingerprint density at radius 2 is 1.69 bits per heavy atom. The number of hydrogen-bond donors (Lipinski definition) is 2. The van der Waals surface area contributed by atoms with Crippen LogP contribution in [-0.2, 0) is 14.8 Å². The summed E-state index contributed by atoms with van der Waals surface area (Å²) >= 11 is 1.51. The first-order valence-electron chi connectivity index (χ1n) is 11.1. The first-order valence-corrected chi connectivity index (χ1v) is 13.7. The molecule has 0 atom stereocenters. The normalized spacial score (nSPS) is 11.6. The topological polar surface area (TPSA) is 99.1 Å². The molecule has 0 bridgehead atoms. The van der Waals surface area contributed by atoms with Crippen LogP contribution < -0.4 is 9.73 Å². The maximum absolute atomic E-state index is 13.5. The van der Waals surface area contributed by atoms with Gasteiger partial charge in [-0.2, -0.15) is 5.10 Å². The summed E-state index contributed by atoms with van der Waals surface area (Å²) in [6, 6.07) is 24.2. The number of benzene rings is 4. The highest BCUT2D eigenvalue weighted by Crippen LogP contribution is 2.27. The SMILES string of the molecule is CSc1ccc(S(=O)(=O)N(CC(=O)N/N=C\c2c(O)ccc3ccccc23)c2ccc(C)cc2)cc1. The number of aromatic hydroxyl groups is 1. The number of hydrogen-bond acceptors (Lipinski definition) is 6. The van der Waals surface area contributed by atoms with Gasteiger partial charge in [0.25, 0.3) is 15.9 Å². The second kappa shape index (κ2) is 10.8. The Hall–Kier alpha value is -3.82. The van der Waals surface area contributed by atoms with E-state index >= 15 is 0 Å². The van der Waals surface area contributed by atoms with E-state index in [9.17, 15) is 18.3 Å². The van der Waals surface area contributed by atoms with E-state index in [4.69, 9.17) is 0 Å². The van der Waals surface area contributed by atoms with Crippen LogP contribution in [0.3, 0.4) is 0 Å². The van der Waals surface area contributed by atoms with Crippen molar-refractivity contribution < 1.29 is 18.3 Å². The van der Waals surface area contributed by atoms with Crippen molar-refractivity contribution in [3.8, 4) is 5.75 Å². The van der Waals surface area contributed by atoms with E-state index < -0.39 is 22.5 Å². The number of nitrogens with one attached hydrogen (secondary N) is 1. The van der Waals surface area contributed by atoms with Gasteiger partial charge in [0.05, 0.1) is 16.8 Å². The Morgan fingerprint density at radius 3 is 2.39 bits per heavy atom. The van der Waals surface area contributed by atoms with Crippen LogP contribution in [0.4, 0.5) is 5.69 Å². The molecule has 2 N–H and O–H groups in total. The molecule has 7 nitrogen and oxygen atoms in total. The number of aryl methyl sites for hydroxylation is 1. The van der Waals surface area contributed by atoms with Gasteiger partial charge in [0.1, 0.15) is 12.3 Å². The second-order valence-corrected chi connectivity index (χ2v) is 10.8. The third-order valence-corrected chi connectivity index (χ3v) is 8.12. The first-order chi connectivity index (χ1) is 17.3. The Kier molecular flexibility index (Phi) is 7.61. The number of amides is 1. The van der Waals surface area contributed by atoms with Gasteiger partial charge >= 0.3 is 0 Å². The van der Waals surface area contributed by atoms with Crippen molar-refractivity contribution in [2.45, 2.75) is 16.7 Å². The Morgan fingerprint density at radius 1 is 1.00 bits per heavy atom. The first kappa shape index (κ1) is 25.3. The maximum Gasteiger partial charge on any atom is 0.264 e. The van der Waals surface area contributed by atoms with Gasteiger partial charge in [-0.1, -0.05) is 48.0 Å². The molecule has 0 unspecified atom stereocenters. The number of sulfonamides is 1. The fourth-order valence-corrected chi connectivity index (χ4v) is 5.48. The number of carbonyl (C=O) groups is 1. The molecule has 0 aliphatic carbocycles. The van der Waals surface area contributed by atoms with Crippen molar-refractivity contribution in [3.63, 3.8) is 0 Å². The standard InChI is InChI=1S/C27H25N3O4S2/c1-19-7-10-21(11-8-19)30(36(33,34)23-14-12-22(35-2)13-15-23)18-27(32)29-28-17-25-24-6-4-3-5-20(24)9-16-26(25)31/h3-17,31H,18H2,1-2H3,(H,29,32)/b28-17-. The summed E-state index contributed by atoms with van der Waals surface area (Å²) in [6.07, 6.45) is 3.26. The molecule has 0 fully saturated rings. The molecule has 4 rings (SSSR count). The minimum absolute atomic E-state index is 0.0178. The van der Waals surface area contributed by atoms with Gasteiger partial charge in [0.15, 0.2) is 0 Å². The Bertz CT molecular complexity index is 1520. The molecule has 0 spiro atoms. The predicted molar refractivity (Wildman–Crippen MR) is 145 cm³/mol. The largest absolute Gasteiger partial charge is 0.507 e. The van der Waals surface area contributed by atoms with Crippen LogP contribution in [0.25, 0.3) is 10.8 Å². The average molecular weight is 520 g/mol. The number of nitrogens with zero attached hydrogens (tertiary/aromatic N) is 2. The quantitative estimate of drug-likeness (QED) is 0.196. The lowest BCUT2D eigenvalue weighted by atomic mass is 10.0. The van der Waals surface area contributed by atoms with Crippen LogP contribution in [0.2, 0.25) is 0 Å². The maximum atomic E-state index is 13.5. The monoisotopic (exact) mass is 519 g/mol. The van der Waals surface area contributed by atoms with Crippen molar-refractivity contribution in [2.24, 2.45) is 5.10 Å². The molecular weight excluding hydrogens is 494 g/mol. The second-order valence-electron chi connectivity index (χ2n) is 8.04. The molecule has 36 heavy (non-hydrogen) atoms. The molecule has 0 radical (unpaired) electrons. The smallest absolute Gasteiger partial charge is 0.264 e. The third-order valence-electron chi connectivity index (χ3n) is 5.59. The molecule has 184 valence electrons. The summed E-state index contributed by atoms with van der Waals surface area (Å²) in [5.74, 6) is -0.611. The highest BCUT2D eigenvalue weighted by atomic mass is 32.2. The molecule has 0 heterocycles. The van der Waals surface area contributed by atoms with E-state index in [2.05, 4.69) is 10.5 Å². The average Bonchev–Trinajstić information content (AvgIpc) is 2.89. The van der Waals surface area contributed by atoms with Crippen LogP contribution in [0.1, 0.15) is 11.1 Å². The molecule has 0 saturated carbocycles. The van der Waals surface area contributed by atoms with Crippen molar-refractivity contribution >= 4 is 50.4 Å². The molecule has 0 saturated heterocycles. The highest BCUT2D eigenvalue weighted by molar-refractivity contribution is 7.98. The van der Waals surface area contributed by atoms with Gasteiger partial charge in [-0.3, -0.25) is 9.10 Å².